The Morgan fingerprint density at radius 3 is 3.10 bits per heavy atom. The van der Waals surface area contributed by atoms with E-state index in [0.717, 1.165) is 35.9 Å². The van der Waals surface area contributed by atoms with Crippen molar-refractivity contribution in [2.45, 2.75) is 58.7 Å². The molecule has 0 bridgehead atoms. The molecule has 0 amide bonds. The molecule has 0 aliphatic heterocycles. The lowest BCUT2D eigenvalue weighted by atomic mass is 9.94. The molecule has 2 aromatic heterocycles. The largest absolute Gasteiger partial charge is 0.304 e. The van der Waals surface area contributed by atoms with E-state index in [2.05, 4.69) is 35.7 Å². The van der Waals surface area contributed by atoms with Gasteiger partial charge in [0.15, 0.2) is 0 Å². The number of rotatable bonds is 5. The maximum Gasteiger partial charge on any atom is 0.0863 e. The standard InChI is InChI=1S/C16H22ClN3S/c1-3-12-16(17)14(20(4-2)19-12)10-18-13-6-5-7-15-11(13)8-9-21-15/h8-9,13,18H,3-7,10H2,1-2H3. The molecule has 1 aliphatic rings. The second-order valence-corrected chi connectivity index (χ2v) is 6.88. The van der Waals surface area contributed by atoms with Crippen molar-refractivity contribution >= 4 is 22.9 Å². The summed E-state index contributed by atoms with van der Waals surface area (Å²) in [6, 6.07) is 2.73. The minimum Gasteiger partial charge on any atom is -0.304 e. The number of aryl methyl sites for hydroxylation is 3. The van der Waals surface area contributed by atoms with Crippen molar-refractivity contribution < 1.29 is 0 Å². The van der Waals surface area contributed by atoms with Gasteiger partial charge >= 0.3 is 0 Å². The Hall–Kier alpha value is -0.840. The van der Waals surface area contributed by atoms with E-state index in [1.165, 1.54) is 24.8 Å². The molecule has 0 saturated heterocycles. The summed E-state index contributed by atoms with van der Waals surface area (Å²) in [5.41, 5.74) is 3.62. The number of hydrogen-bond donors (Lipinski definition) is 1. The van der Waals surface area contributed by atoms with Crippen molar-refractivity contribution in [2.75, 3.05) is 0 Å². The first-order valence-corrected chi connectivity index (χ1v) is 9.04. The van der Waals surface area contributed by atoms with Crippen molar-refractivity contribution in [2.24, 2.45) is 0 Å². The zero-order valence-electron chi connectivity index (χ0n) is 12.7. The monoisotopic (exact) mass is 323 g/mol. The van der Waals surface area contributed by atoms with Crippen LogP contribution in [0.4, 0.5) is 0 Å². The molecule has 2 heterocycles. The zero-order chi connectivity index (χ0) is 14.8. The van der Waals surface area contributed by atoms with Crippen LogP contribution < -0.4 is 5.32 Å². The Balaban J connectivity index is 1.76. The molecule has 5 heteroatoms. The van der Waals surface area contributed by atoms with Crippen LogP contribution >= 0.6 is 22.9 Å². The van der Waals surface area contributed by atoms with E-state index in [1.807, 2.05) is 16.0 Å². The minimum atomic E-state index is 0.460. The molecule has 0 fully saturated rings. The molecule has 3 rings (SSSR count). The fourth-order valence-electron chi connectivity index (χ4n) is 3.10. The third-order valence-corrected chi connectivity index (χ3v) is 5.69. The average molecular weight is 324 g/mol. The summed E-state index contributed by atoms with van der Waals surface area (Å²) in [7, 11) is 0. The molecule has 0 spiro atoms. The second kappa shape index (κ2) is 6.51. The second-order valence-electron chi connectivity index (χ2n) is 5.50. The van der Waals surface area contributed by atoms with Crippen LogP contribution in [0.25, 0.3) is 0 Å². The van der Waals surface area contributed by atoms with E-state index in [4.69, 9.17) is 11.6 Å². The number of fused-ring (bicyclic) bond motifs is 1. The molecule has 1 unspecified atom stereocenters. The van der Waals surface area contributed by atoms with E-state index in [-0.39, 0.29) is 0 Å². The topological polar surface area (TPSA) is 29.9 Å². The minimum absolute atomic E-state index is 0.460. The quantitative estimate of drug-likeness (QED) is 0.886. The van der Waals surface area contributed by atoms with Crippen LogP contribution in [-0.4, -0.2) is 9.78 Å². The third-order valence-electron chi connectivity index (χ3n) is 4.26. The molecular weight excluding hydrogens is 302 g/mol. The van der Waals surface area contributed by atoms with Crippen LogP contribution in [0.3, 0.4) is 0 Å². The number of aromatic nitrogens is 2. The van der Waals surface area contributed by atoms with Crippen molar-refractivity contribution in [3.05, 3.63) is 38.3 Å². The van der Waals surface area contributed by atoms with Gasteiger partial charge in [-0.3, -0.25) is 4.68 Å². The van der Waals surface area contributed by atoms with Gasteiger partial charge in [-0.15, -0.1) is 11.3 Å². The Kier molecular flexibility index (Phi) is 4.67. The summed E-state index contributed by atoms with van der Waals surface area (Å²) in [6.45, 7) is 5.87. The summed E-state index contributed by atoms with van der Waals surface area (Å²) in [6.07, 6.45) is 4.60. The first-order chi connectivity index (χ1) is 10.2. The van der Waals surface area contributed by atoms with Crippen LogP contribution in [0.1, 0.15) is 54.6 Å². The Bertz CT molecular complexity index is 617. The van der Waals surface area contributed by atoms with Gasteiger partial charge in [-0.25, -0.2) is 0 Å². The molecule has 21 heavy (non-hydrogen) atoms. The summed E-state index contributed by atoms with van der Waals surface area (Å²) >= 11 is 8.37. The van der Waals surface area contributed by atoms with E-state index in [0.29, 0.717) is 6.04 Å². The van der Waals surface area contributed by atoms with Crippen LogP contribution in [0.2, 0.25) is 5.02 Å². The van der Waals surface area contributed by atoms with Gasteiger partial charge in [-0.2, -0.15) is 5.10 Å². The SMILES string of the molecule is CCc1nn(CC)c(CNC2CCCc3sccc32)c1Cl. The predicted molar refractivity (Wildman–Crippen MR) is 89.1 cm³/mol. The number of nitrogens with one attached hydrogen (secondary N) is 1. The molecule has 3 nitrogen and oxygen atoms in total. The molecule has 1 N–H and O–H groups in total. The number of hydrogen-bond acceptors (Lipinski definition) is 3. The van der Waals surface area contributed by atoms with Gasteiger partial charge in [-0.1, -0.05) is 18.5 Å². The fraction of sp³-hybridized carbons (Fsp3) is 0.562. The van der Waals surface area contributed by atoms with Gasteiger partial charge < -0.3 is 5.32 Å². The van der Waals surface area contributed by atoms with Gasteiger partial charge in [0.05, 0.1) is 16.4 Å². The zero-order valence-corrected chi connectivity index (χ0v) is 14.2. The van der Waals surface area contributed by atoms with Gasteiger partial charge in [0.1, 0.15) is 0 Å². The number of thiophene rings is 1. The maximum atomic E-state index is 6.48. The molecule has 0 aromatic carbocycles. The highest BCUT2D eigenvalue weighted by Gasteiger charge is 2.22. The highest BCUT2D eigenvalue weighted by atomic mass is 35.5. The van der Waals surface area contributed by atoms with Crippen molar-refractivity contribution in [1.29, 1.82) is 0 Å². The maximum absolute atomic E-state index is 6.48. The normalized spacial score (nSPS) is 18.0. The van der Waals surface area contributed by atoms with E-state index >= 15 is 0 Å². The van der Waals surface area contributed by atoms with Crippen molar-refractivity contribution in [1.82, 2.24) is 15.1 Å². The van der Waals surface area contributed by atoms with Crippen LogP contribution in [-0.2, 0) is 25.9 Å². The van der Waals surface area contributed by atoms with Crippen molar-refractivity contribution in [3.8, 4) is 0 Å². The van der Waals surface area contributed by atoms with Crippen LogP contribution in [0.15, 0.2) is 11.4 Å². The predicted octanol–water partition coefficient (Wildman–Crippen LogP) is 4.35. The molecule has 1 atom stereocenters. The lowest BCUT2D eigenvalue weighted by Gasteiger charge is -2.24. The molecule has 1 aliphatic carbocycles. The van der Waals surface area contributed by atoms with Crippen LogP contribution in [0, 0.1) is 0 Å². The lowest BCUT2D eigenvalue weighted by Crippen LogP contribution is -2.25. The molecule has 0 saturated carbocycles. The van der Waals surface area contributed by atoms with E-state index in [9.17, 15) is 0 Å². The highest BCUT2D eigenvalue weighted by molar-refractivity contribution is 7.10. The van der Waals surface area contributed by atoms with Gasteiger partial charge in [-0.05, 0) is 49.6 Å². The third kappa shape index (κ3) is 2.89. The fourth-order valence-corrected chi connectivity index (χ4v) is 4.43. The summed E-state index contributed by atoms with van der Waals surface area (Å²) in [5.74, 6) is 0. The van der Waals surface area contributed by atoms with Gasteiger partial charge in [0, 0.05) is 24.0 Å². The Morgan fingerprint density at radius 1 is 1.48 bits per heavy atom. The van der Waals surface area contributed by atoms with Crippen molar-refractivity contribution in [3.63, 3.8) is 0 Å². The van der Waals surface area contributed by atoms with Gasteiger partial charge in [0.25, 0.3) is 0 Å². The van der Waals surface area contributed by atoms with Gasteiger partial charge in [0.2, 0.25) is 0 Å². The molecule has 2 aromatic rings. The number of halogens is 1. The Morgan fingerprint density at radius 2 is 2.33 bits per heavy atom. The Labute approximate surface area is 135 Å². The average Bonchev–Trinajstić information content (AvgIpc) is 3.09. The smallest absolute Gasteiger partial charge is 0.0863 e. The first kappa shape index (κ1) is 15.1. The number of nitrogens with zero attached hydrogens (tertiary/aromatic N) is 2. The first-order valence-electron chi connectivity index (χ1n) is 7.78. The molecule has 114 valence electrons. The molecular formula is C16H22ClN3S. The van der Waals surface area contributed by atoms with E-state index in [1.54, 1.807) is 4.88 Å². The van der Waals surface area contributed by atoms with Crippen LogP contribution in [0.5, 0.6) is 0 Å². The summed E-state index contributed by atoms with van der Waals surface area (Å²) in [4.78, 5) is 1.54. The highest BCUT2D eigenvalue weighted by Crippen LogP contribution is 2.33. The molecule has 0 radical (unpaired) electrons. The summed E-state index contributed by atoms with van der Waals surface area (Å²) < 4.78 is 2.03. The summed E-state index contributed by atoms with van der Waals surface area (Å²) in [5, 5.41) is 11.3. The lowest BCUT2D eigenvalue weighted by molar-refractivity contribution is 0.450. The van der Waals surface area contributed by atoms with E-state index < -0.39 is 0 Å².